The van der Waals surface area contributed by atoms with E-state index in [2.05, 4.69) is 31.8 Å². The van der Waals surface area contributed by atoms with Gasteiger partial charge in [0.05, 0.1) is 5.71 Å². The van der Waals surface area contributed by atoms with Crippen LogP contribution in [0.5, 0.6) is 0 Å². The first-order valence-corrected chi connectivity index (χ1v) is 9.10. The molecule has 2 aromatic rings. The molecule has 0 aliphatic rings. The molecule has 0 unspecified atom stereocenters. The molecule has 6 heteroatoms. The molecule has 0 radical (unpaired) electrons. The number of carbonyl (C=O) groups is 2. The highest BCUT2D eigenvalue weighted by Gasteiger charge is 2.08. The third kappa shape index (κ3) is 6.11. The van der Waals surface area contributed by atoms with Gasteiger partial charge in [0, 0.05) is 23.0 Å². The Morgan fingerprint density at radius 2 is 1.62 bits per heavy atom. The number of benzene rings is 2. The highest BCUT2D eigenvalue weighted by Crippen LogP contribution is 2.14. The van der Waals surface area contributed by atoms with Gasteiger partial charge < -0.3 is 5.32 Å². The second-order valence-corrected chi connectivity index (χ2v) is 7.00. The number of carbonyl (C=O) groups excluding carboxylic acids is 2. The van der Waals surface area contributed by atoms with Crippen LogP contribution in [0.1, 0.15) is 36.5 Å². The Morgan fingerprint density at radius 3 is 2.27 bits per heavy atom. The van der Waals surface area contributed by atoms with Crippen LogP contribution in [0.4, 0.5) is 5.69 Å². The molecule has 2 N–H and O–H groups in total. The van der Waals surface area contributed by atoms with Gasteiger partial charge in [0.1, 0.15) is 0 Å². The van der Waals surface area contributed by atoms with Crippen LogP contribution in [-0.4, -0.2) is 17.5 Å². The number of rotatable bonds is 6. The summed E-state index contributed by atoms with van der Waals surface area (Å²) in [4.78, 5) is 23.9. The van der Waals surface area contributed by atoms with E-state index in [0.717, 1.165) is 21.3 Å². The van der Waals surface area contributed by atoms with Gasteiger partial charge in [-0.05, 0) is 61.7 Å². The molecule has 0 atom stereocenters. The van der Waals surface area contributed by atoms with Crippen LogP contribution in [0.25, 0.3) is 0 Å². The minimum absolute atomic E-state index is 0.0772. The summed E-state index contributed by atoms with van der Waals surface area (Å²) in [5, 5.41) is 6.88. The van der Waals surface area contributed by atoms with Crippen LogP contribution < -0.4 is 10.7 Å². The van der Waals surface area contributed by atoms with Gasteiger partial charge in [0.2, 0.25) is 11.8 Å². The van der Waals surface area contributed by atoms with E-state index in [-0.39, 0.29) is 24.7 Å². The maximum Gasteiger partial charge on any atom is 0.240 e. The Bertz CT molecular complexity index is 829. The maximum atomic E-state index is 12.0. The zero-order chi connectivity index (χ0) is 19.1. The largest absolute Gasteiger partial charge is 0.326 e. The van der Waals surface area contributed by atoms with E-state index >= 15 is 0 Å². The molecule has 2 rings (SSSR count). The molecule has 0 spiro atoms. The molecule has 0 aliphatic heterocycles. The lowest BCUT2D eigenvalue weighted by molar-refractivity contribution is -0.124. The molecule has 5 nitrogen and oxygen atoms in total. The van der Waals surface area contributed by atoms with E-state index < -0.39 is 0 Å². The molecule has 0 fully saturated rings. The second-order valence-electron chi connectivity index (χ2n) is 6.09. The maximum absolute atomic E-state index is 12.0. The Balaban J connectivity index is 1.80. The molecule has 0 aliphatic carbocycles. The molecule has 2 amide bonds. The Morgan fingerprint density at radius 1 is 0.962 bits per heavy atom. The van der Waals surface area contributed by atoms with Crippen molar-refractivity contribution >= 4 is 39.1 Å². The third-order valence-electron chi connectivity index (χ3n) is 3.98. The molecular formula is C20H22BrN3O2. The lowest BCUT2D eigenvalue weighted by atomic mass is 10.1. The van der Waals surface area contributed by atoms with E-state index in [1.54, 1.807) is 0 Å². The van der Waals surface area contributed by atoms with Crippen LogP contribution in [0.2, 0.25) is 0 Å². The van der Waals surface area contributed by atoms with Gasteiger partial charge in [0.15, 0.2) is 0 Å². The van der Waals surface area contributed by atoms with Crippen LogP contribution in [0.15, 0.2) is 52.0 Å². The van der Waals surface area contributed by atoms with Crippen LogP contribution in [-0.2, 0) is 9.59 Å². The summed E-state index contributed by atoms with van der Waals surface area (Å²) in [6.45, 7) is 5.82. The van der Waals surface area contributed by atoms with Crippen LogP contribution in [0, 0.1) is 13.8 Å². The molecule has 0 heterocycles. The molecule has 26 heavy (non-hydrogen) atoms. The van der Waals surface area contributed by atoms with Crippen molar-refractivity contribution in [3.05, 3.63) is 63.6 Å². The minimum atomic E-state index is -0.295. The second kappa shape index (κ2) is 9.29. The van der Waals surface area contributed by atoms with Crippen molar-refractivity contribution in [1.82, 2.24) is 5.43 Å². The normalized spacial score (nSPS) is 11.2. The summed E-state index contributed by atoms with van der Waals surface area (Å²) in [7, 11) is 0. The predicted molar refractivity (Wildman–Crippen MR) is 108 cm³/mol. The fraction of sp³-hybridized carbons (Fsp3) is 0.250. The first-order valence-electron chi connectivity index (χ1n) is 8.31. The van der Waals surface area contributed by atoms with Crippen LogP contribution >= 0.6 is 15.9 Å². The van der Waals surface area contributed by atoms with Crippen molar-refractivity contribution in [2.45, 2.75) is 33.6 Å². The van der Waals surface area contributed by atoms with Gasteiger partial charge in [-0.2, -0.15) is 5.10 Å². The number of hydrazone groups is 1. The monoisotopic (exact) mass is 415 g/mol. The first kappa shape index (κ1) is 19.8. The Labute approximate surface area is 162 Å². The third-order valence-corrected chi connectivity index (χ3v) is 4.51. The molecule has 0 aromatic heterocycles. The van der Waals surface area contributed by atoms with Crippen molar-refractivity contribution in [1.29, 1.82) is 0 Å². The highest BCUT2D eigenvalue weighted by atomic mass is 79.9. The predicted octanol–water partition coefficient (Wildman–Crippen LogP) is 4.33. The quantitative estimate of drug-likeness (QED) is 0.544. The summed E-state index contributed by atoms with van der Waals surface area (Å²) in [5.41, 5.74) is 7.12. The number of hydrogen-bond acceptors (Lipinski definition) is 3. The van der Waals surface area contributed by atoms with Crippen molar-refractivity contribution in [2.24, 2.45) is 5.10 Å². The topological polar surface area (TPSA) is 70.6 Å². The number of nitrogens with one attached hydrogen (secondary N) is 2. The van der Waals surface area contributed by atoms with Gasteiger partial charge in [-0.15, -0.1) is 0 Å². The molecule has 136 valence electrons. The van der Waals surface area contributed by atoms with E-state index in [1.165, 1.54) is 5.56 Å². The van der Waals surface area contributed by atoms with Gasteiger partial charge >= 0.3 is 0 Å². The molecule has 2 aromatic carbocycles. The molecule has 0 saturated carbocycles. The Kier molecular flexibility index (Phi) is 7.09. The smallest absolute Gasteiger partial charge is 0.240 e. The number of halogens is 1. The van der Waals surface area contributed by atoms with Crippen molar-refractivity contribution in [3.63, 3.8) is 0 Å². The van der Waals surface area contributed by atoms with Crippen LogP contribution in [0.3, 0.4) is 0 Å². The summed E-state index contributed by atoms with van der Waals surface area (Å²) >= 11 is 3.37. The summed E-state index contributed by atoms with van der Waals surface area (Å²) in [5.74, 6) is -0.492. The van der Waals surface area contributed by atoms with Gasteiger partial charge in [-0.25, -0.2) is 5.43 Å². The Hall–Kier alpha value is -2.47. The highest BCUT2D eigenvalue weighted by molar-refractivity contribution is 9.10. The summed E-state index contributed by atoms with van der Waals surface area (Å²) in [6.07, 6.45) is 0.180. The average molecular weight is 416 g/mol. The van der Waals surface area contributed by atoms with Crippen molar-refractivity contribution in [2.75, 3.05) is 5.32 Å². The number of nitrogens with zero attached hydrogens (tertiary/aromatic N) is 1. The molecule has 0 bridgehead atoms. The van der Waals surface area contributed by atoms with Gasteiger partial charge in [-0.3, -0.25) is 9.59 Å². The fourth-order valence-corrected chi connectivity index (χ4v) is 2.49. The van der Waals surface area contributed by atoms with E-state index in [4.69, 9.17) is 0 Å². The van der Waals surface area contributed by atoms with Gasteiger partial charge in [-0.1, -0.05) is 34.1 Å². The van der Waals surface area contributed by atoms with E-state index in [9.17, 15) is 9.59 Å². The summed E-state index contributed by atoms with van der Waals surface area (Å²) in [6, 6.07) is 13.4. The SMILES string of the molecule is CC(=NNC(=O)CCC(=O)Nc1ccc(C)c(C)c1)c1ccc(Br)cc1. The summed E-state index contributed by atoms with van der Waals surface area (Å²) < 4.78 is 0.980. The first-order chi connectivity index (χ1) is 12.3. The van der Waals surface area contributed by atoms with Gasteiger partial charge in [0.25, 0.3) is 0 Å². The number of aryl methyl sites for hydroxylation is 2. The minimum Gasteiger partial charge on any atom is -0.326 e. The van der Waals surface area contributed by atoms with E-state index in [1.807, 2.05) is 63.2 Å². The molecule has 0 saturated heterocycles. The lowest BCUT2D eigenvalue weighted by Crippen LogP contribution is -2.21. The zero-order valence-corrected chi connectivity index (χ0v) is 16.7. The number of anilines is 1. The van der Waals surface area contributed by atoms with E-state index in [0.29, 0.717) is 5.71 Å². The number of amides is 2. The number of hydrogen-bond donors (Lipinski definition) is 2. The molecular weight excluding hydrogens is 394 g/mol. The standard InChI is InChI=1S/C20H22BrN3O2/c1-13-4-9-18(12-14(13)2)22-19(25)10-11-20(26)24-23-15(3)16-5-7-17(21)8-6-16/h4-9,12H,10-11H2,1-3H3,(H,22,25)(H,24,26). The lowest BCUT2D eigenvalue weighted by Gasteiger charge is -2.07. The van der Waals surface area contributed by atoms with Crippen molar-refractivity contribution < 1.29 is 9.59 Å². The average Bonchev–Trinajstić information content (AvgIpc) is 2.61. The fourth-order valence-electron chi connectivity index (χ4n) is 2.23. The van der Waals surface area contributed by atoms with Crippen molar-refractivity contribution in [3.8, 4) is 0 Å². The zero-order valence-electron chi connectivity index (χ0n) is 15.1.